The monoisotopic (exact) mass is 341 g/mol. The molecule has 0 aromatic heterocycles. The van der Waals surface area contributed by atoms with Gasteiger partial charge in [-0.3, -0.25) is 5.32 Å². The van der Waals surface area contributed by atoms with Crippen molar-refractivity contribution in [1.82, 2.24) is 5.32 Å². The molecule has 2 aliphatic heterocycles. The van der Waals surface area contributed by atoms with E-state index in [4.69, 9.17) is 18.9 Å². The lowest BCUT2D eigenvalue weighted by Gasteiger charge is -2.51. The van der Waals surface area contributed by atoms with E-state index in [-0.39, 0.29) is 37.2 Å². The Morgan fingerprint density at radius 3 is 2.62 bits per heavy atom. The summed E-state index contributed by atoms with van der Waals surface area (Å²) in [5, 5.41) is 13.6. The van der Waals surface area contributed by atoms with Gasteiger partial charge in [0.2, 0.25) is 0 Å². The van der Waals surface area contributed by atoms with Gasteiger partial charge in [-0.15, -0.1) is 0 Å². The zero-order chi connectivity index (χ0) is 17.3. The highest BCUT2D eigenvalue weighted by Crippen LogP contribution is 2.42. The molecule has 0 aromatic rings. The molecular formula is C18H31NO5. The standard InChI is InChI=1S/C18H31NO5/c1-10(2)13(20)9-24-14-6-5-11-15(17(14)22-4)19-18-12(7-8-23-18)16(11)21-3/h11-20H,1,5-9H2,2-4H3/t11?,12?,13-,14?,15?,16?,17?,18?/m0/s1. The van der Waals surface area contributed by atoms with Gasteiger partial charge in [0.05, 0.1) is 31.0 Å². The molecule has 0 aromatic carbocycles. The third-order valence-electron chi connectivity index (χ3n) is 5.89. The van der Waals surface area contributed by atoms with Gasteiger partial charge in [0.25, 0.3) is 0 Å². The second-order valence-electron chi connectivity index (χ2n) is 7.31. The Morgan fingerprint density at radius 2 is 1.96 bits per heavy atom. The molecule has 138 valence electrons. The lowest BCUT2D eigenvalue weighted by atomic mass is 9.70. The fourth-order valence-corrected chi connectivity index (χ4v) is 4.57. The molecule has 3 fully saturated rings. The summed E-state index contributed by atoms with van der Waals surface area (Å²) < 4.78 is 23.5. The van der Waals surface area contributed by atoms with Crippen molar-refractivity contribution in [2.45, 2.75) is 62.9 Å². The summed E-state index contributed by atoms with van der Waals surface area (Å²) >= 11 is 0. The number of piperidine rings is 1. The Labute approximate surface area is 144 Å². The van der Waals surface area contributed by atoms with Crippen molar-refractivity contribution in [3.63, 3.8) is 0 Å². The Balaban J connectivity index is 1.69. The minimum absolute atomic E-state index is 0.0357. The second-order valence-corrected chi connectivity index (χ2v) is 7.31. The van der Waals surface area contributed by atoms with Gasteiger partial charge in [-0.05, 0) is 31.8 Å². The van der Waals surface area contributed by atoms with E-state index in [0.717, 1.165) is 31.4 Å². The zero-order valence-corrected chi connectivity index (χ0v) is 14.9. The summed E-state index contributed by atoms with van der Waals surface area (Å²) in [6.07, 6.45) is 2.44. The predicted octanol–water partition coefficient (Wildman–Crippen LogP) is 1.08. The van der Waals surface area contributed by atoms with Gasteiger partial charge in [0.15, 0.2) is 0 Å². The van der Waals surface area contributed by atoms with Crippen LogP contribution in [-0.2, 0) is 18.9 Å². The van der Waals surface area contributed by atoms with Crippen LogP contribution in [0.4, 0.5) is 0 Å². The largest absolute Gasteiger partial charge is 0.386 e. The van der Waals surface area contributed by atoms with Crippen molar-refractivity contribution >= 4 is 0 Å². The quantitative estimate of drug-likeness (QED) is 0.705. The van der Waals surface area contributed by atoms with E-state index in [1.165, 1.54) is 0 Å². The summed E-state index contributed by atoms with van der Waals surface area (Å²) in [6, 6.07) is 0.139. The van der Waals surface area contributed by atoms with Crippen LogP contribution in [0.3, 0.4) is 0 Å². The summed E-state index contributed by atoms with van der Waals surface area (Å²) in [4.78, 5) is 0. The molecule has 2 N–H and O–H groups in total. The first-order valence-corrected chi connectivity index (χ1v) is 8.95. The highest BCUT2D eigenvalue weighted by molar-refractivity contribution is 5.05. The molecule has 7 unspecified atom stereocenters. The number of aliphatic hydroxyl groups excluding tert-OH is 1. The normalized spacial score (nSPS) is 43.1. The van der Waals surface area contributed by atoms with E-state index in [1.54, 1.807) is 14.2 Å². The molecule has 0 bridgehead atoms. The number of aliphatic hydroxyl groups is 1. The molecule has 6 heteroatoms. The molecule has 3 rings (SSSR count). The minimum atomic E-state index is -0.631. The summed E-state index contributed by atoms with van der Waals surface area (Å²) in [7, 11) is 3.53. The van der Waals surface area contributed by atoms with Gasteiger partial charge < -0.3 is 24.1 Å². The molecule has 0 spiro atoms. The van der Waals surface area contributed by atoms with Gasteiger partial charge in [0.1, 0.15) is 6.23 Å². The molecular weight excluding hydrogens is 310 g/mol. The van der Waals surface area contributed by atoms with Gasteiger partial charge >= 0.3 is 0 Å². The van der Waals surface area contributed by atoms with E-state index >= 15 is 0 Å². The number of fused-ring (bicyclic) bond motifs is 2. The smallest absolute Gasteiger partial charge is 0.113 e. The zero-order valence-electron chi connectivity index (χ0n) is 14.9. The Hall–Kier alpha value is -0.500. The van der Waals surface area contributed by atoms with Crippen molar-refractivity contribution in [2.24, 2.45) is 11.8 Å². The molecule has 3 aliphatic rings. The summed E-state index contributed by atoms with van der Waals surface area (Å²) in [5.41, 5.74) is 0.718. The van der Waals surface area contributed by atoms with Crippen LogP contribution in [0, 0.1) is 11.8 Å². The SMILES string of the molecule is C=C(C)[C@@H](O)COC1CCC2C(NC3OCCC3C2OC)C1OC. The maximum absolute atomic E-state index is 9.93. The van der Waals surface area contributed by atoms with Crippen molar-refractivity contribution < 1.29 is 24.1 Å². The van der Waals surface area contributed by atoms with Crippen LogP contribution in [0.25, 0.3) is 0 Å². The molecule has 0 amide bonds. The number of hydrogen-bond donors (Lipinski definition) is 2. The van der Waals surface area contributed by atoms with Crippen LogP contribution in [0.5, 0.6) is 0 Å². The third-order valence-corrected chi connectivity index (χ3v) is 5.89. The molecule has 1 aliphatic carbocycles. The number of hydrogen-bond acceptors (Lipinski definition) is 6. The highest BCUT2D eigenvalue weighted by Gasteiger charge is 2.53. The summed E-state index contributed by atoms with van der Waals surface area (Å²) in [5.74, 6) is 0.810. The number of rotatable bonds is 6. The fraction of sp³-hybridized carbons (Fsp3) is 0.889. The van der Waals surface area contributed by atoms with Crippen LogP contribution >= 0.6 is 0 Å². The average molecular weight is 341 g/mol. The van der Waals surface area contributed by atoms with Gasteiger partial charge in [-0.1, -0.05) is 6.58 Å². The van der Waals surface area contributed by atoms with Crippen LogP contribution < -0.4 is 5.32 Å². The highest BCUT2D eigenvalue weighted by atomic mass is 16.5. The molecule has 2 heterocycles. The van der Waals surface area contributed by atoms with Crippen molar-refractivity contribution in [3.05, 3.63) is 12.2 Å². The van der Waals surface area contributed by atoms with E-state index in [9.17, 15) is 5.11 Å². The summed E-state index contributed by atoms with van der Waals surface area (Å²) in [6.45, 7) is 6.62. The number of methoxy groups -OCH3 is 2. The maximum atomic E-state index is 9.93. The Bertz CT molecular complexity index is 445. The lowest BCUT2D eigenvalue weighted by molar-refractivity contribution is -0.167. The molecule has 2 saturated heterocycles. The van der Waals surface area contributed by atoms with E-state index < -0.39 is 6.10 Å². The van der Waals surface area contributed by atoms with Gasteiger partial charge in [-0.2, -0.15) is 0 Å². The van der Waals surface area contributed by atoms with E-state index in [1.807, 2.05) is 6.92 Å². The topological polar surface area (TPSA) is 69.2 Å². The van der Waals surface area contributed by atoms with Crippen LogP contribution in [0.2, 0.25) is 0 Å². The minimum Gasteiger partial charge on any atom is -0.386 e. The van der Waals surface area contributed by atoms with Crippen LogP contribution in [-0.4, -0.2) is 69.2 Å². The van der Waals surface area contributed by atoms with Gasteiger partial charge in [-0.25, -0.2) is 0 Å². The maximum Gasteiger partial charge on any atom is 0.113 e. The molecule has 24 heavy (non-hydrogen) atoms. The second kappa shape index (κ2) is 7.81. The third kappa shape index (κ3) is 3.41. The fourth-order valence-electron chi connectivity index (χ4n) is 4.57. The van der Waals surface area contributed by atoms with E-state index in [0.29, 0.717) is 11.8 Å². The molecule has 0 radical (unpaired) electrons. The van der Waals surface area contributed by atoms with Crippen LogP contribution in [0.1, 0.15) is 26.2 Å². The van der Waals surface area contributed by atoms with E-state index in [2.05, 4.69) is 11.9 Å². The molecule has 1 saturated carbocycles. The van der Waals surface area contributed by atoms with Crippen molar-refractivity contribution in [1.29, 1.82) is 0 Å². The van der Waals surface area contributed by atoms with Crippen molar-refractivity contribution in [3.8, 4) is 0 Å². The predicted molar refractivity (Wildman–Crippen MR) is 89.6 cm³/mol. The van der Waals surface area contributed by atoms with Crippen LogP contribution in [0.15, 0.2) is 12.2 Å². The first kappa shape index (κ1) is 18.3. The Morgan fingerprint density at radius 1 is 1.21 bits per heavy atom. The first-order valence-electron chi connectivity index (χ1n) is 8.95. The lowest BCUT2D eigenvalue weighted by Crippen LogP contribution is -2.66. The average Bonchev–Trinajstić information content (AvgIpc) is 3.04. The molecule has 6 nitrogen and oxygen atoms in total. The molecule has 8 atom stereocenters. The van der Waals surface area contributed by atoms with Gasteiger partial charge in [0, 0.05) is 38.7 Å². The Kier molecular flexibility index (Phi) is 5.95. The van der Waals surface area contributed by atoms with Crippen molar-refractivity contribution in [2.75, 3.05) is 27.4 Å². The number of ether oxygens (including phenoxy) is 4. The first-order chi connectivity index (χ1) is 11.6. The number of nitrogens with one attached hydrogen (secondary N) is 1.